The van der Waals surface area contributed by atoms with Crippen molar-refractivity contribution in [1.82, 2.24) is 5.32 Å². The molecule has 0 atom stereocenters. The van der Waals surface area contributed by atoms with Crippen molar-refractivity contribution < 1.29 is 19.1 Å². The highest BCUT2D eigenvalue weighted by atomic mass is 16.5. The summed E-state index contributed by atoms with van der Waals surface area (Å²) in [4.78, 5) is 23.4. The molecule has 0 aliphatic heterocycles. The number of hydrogen-bond donors (Lipinski definition) is 2. The summed E-state index contributed by atoms with van der Waals surface area (Å²) in [6.07, 6.45) is 0. The van der Waals surface area contributed by atoms with Crippen molar-refractivity contribution in [3.63, 3.8) is 0 Å². The quantitative estimate of drug-likeness (QED) is 0.621. The number of amides is 2. The molecule has 132 valence electrons. The molecule has 6 heteroatoms. The first kappa shape index (κ1) is 18.3. The van der Waals surface area contributed by atoms with E-state index in [-0.39, 0.29) is 12.7 Å². The number of carbonyl (C=O) groups excluding carboxylic acids is 2. The number of benzene rings is 2. The summed E-state index contributed by atoms with van der Waals surface area (Å²) in [6, 6.07) is 11.9. The Hall–Kier alpha value is -3.02. The number of hydrogen-bond acceptors (Lipinski definition) is 4. The summed E-state index contributed by atoms with van der Waals surface area (Å²) >= 11 is 0. The summed E-state index contributed by atoms with van der Waals surface area (Å²) in [7, 11) is 0. The zero-order chi connectivity index (χ0) is 18.2. The van der Waals surface area contributed by atoms with Gasteiger partial charge < -0.3 is 20.1 Å². The van der Waals surface area contributed by atoms with Gasteiger partial charge in [-0.15, -0.1) is 0 Å². The highest BCUT2D eigenvalue weighted by molar-refractivity contribution is 5.92. The van der Waals surface area contributed by atoms with Crippen molar-refractivity contribution in [2.75, 3.05) is 18.7 Å². The fourth-order valence-electron chi connectivity index (χ4n) is 2.22. The van der Waals surface area contributed by atoms with Crippen LogP contribution >= 0.6 is 0 Å². The predicted octanol–water partition coefficient (Wildman–Crippen LogP) is 3.64. The van der Waals surface area contributed by atoms with E-state index in [1.165, 1.54) is 0 Å². The fraction of sp³-hybridized carbons (Fsp3) is 0.263. The third-order valence-electron chi connectivity index (χ3n) is 3.44. The van der Waals surface area contributed by atoms with Gasteiger partial charge in [-0.1, -0.05) is 17.7 Å². The van der Waals surface area contributed by atoms with E-state index in [2.05, 4.69) is 10.6 Å². The van der Waals surface area contributed by atoms with Gasteiger partial charge in [0.25, 0.3) is 0 Å². The molecule has 6 nitrogen and oxygen atoms in total. The second-order valence-electron chi connectivity index (χ2n) is 5.49. The van der Waals surface area contributed by atoms with Gasteiger partial charge in [-0.05, 0) is 56.7 Å². The molecule has 0 heterocycles. The van der Waals surface area contributed by atoms with Crippen molar-refractivity contribution in [2.45, 2.75) is 20.8 Å². The van der Waals surface area contributed by atoms with E-state index in [9.17, 15) is 9.59 Å². The molecule has 0 aliphatic rings. The Morgan fingerprint density at radius 1 is 1.04 bits per heavy atom. The summed E-state index contributed by atoms with van der Waals surface area (Å²) in [5.41, 5.74) is 3.17. The van der Waals surface area contributed by atoms with Crippen LogP contribution in [0.2, 0.25) is 0 Å². The van der Waals surface area contributed by atoms with Crippen molar-refractivity contribution in [3.8, 4) is 5.75 Å². The number of ether oxygens (including phenoxy) is 2. The molecule has 2 aromatic rings. The zero-order valence-corrected chi connectivity index (χ0v) is 14.6. The average Bonchev–Trinajstić information content (AvgIpc) is 2.57. The maximum atomic E-state index is 11.9. The van der Waals surface area contributed by atoms with Crippen LogP contribution in [0.1, 0.15) is 28.4 Å². The van der Waals surface area contributed by atoms with E-state index in [1.54, 1.807) is 31.2 Å². The monoisotopic (exact) mass is 342 g/mol. The van der Waals surface area contributed by atoms with Crippen LogP contribution in [0.3, 0.4) is 0 Å². The lowest BCUT2D eigenvalue weighted by molar-refractivity contribution is 0.0526. The van der Waals surface area contributed by atoms with Crippen LogP contribution in [0.15, 0.2) is 42.5 Å². The molecule has 0 saturated carbocycles. The van der Waals surface area contributed by atoms with Gasteiger partial charge in [0, 0.05) is 5.69 Å². The largest absolute Gasteiger partial charge is 0.473 e. The van der Waals surface area contributed by atoms with Crippen LogP contribution in [0.4, 0.5) is 10.5 Å². The molecular weight excluding hydrogens is 320 g/mol. The Bertz CT molecular complexity index is 742. The van der Waals surface area contributed by atoms with Crippen molar-refractivity contribution in [2.24, 2.45) is 0 Å². The smallest absolute Gasteiger partial charge is 0.338 e. The highest BCUT2D eigenvalue weighted by Crippen LogP contribution is 2.18. The van der Waals surface area contributed by atoms with Crippen molar-refractivity contribution >= 4 is 17.7 Å². The second kappa shape index (κ2) is 8.73. The SMILES string of the molecule is CCOC(=O)c1ccc(NC(=O)NCOc2ccc(C)cc2C)cc1. The first-order valence-corrected chi connectivity index (χ1v) is 8.01. The Morgan fingerprint density at radius 3 is 2.40 bits per heavy atom. The number of urea groups is 1. The fourth-order valence-corrected chi connectivity index (χ4v) is 2.22. The number of carbonyl (C=O) groups is 2. The van der Waals surface area contributed by atoms with E-state index in [0.717, 1.165) is 16.9 Å². The molecule has 0 aromatic heterocycles. The van der Waals surface area contributed by atoms with Crippen LogP contribution in [-0.4, -0.2) is 25.3 Å². The molecule has 25 heavy (non-hydrogen) atoms. The molecule has 0 fully saturated rings. The highest BCUT2D eigenvalue weighted by Gasteiger charge is 2.07. The molecule has 0 saturated heterocycles. The maximum absolute atomic E-state index is 11.9. The number of anilines is 1. The van der Waals surface area contributed by atoms with Crippen LogP contribution < -0.4 is 15.4 Å². The molecular formula is C19H22N2O4. The van der Waals surface area contributed by atoms with Gasteiger partial charge in [0.15, 0.2) is 6.73 Å². The van der Waals surface area contributed by atoms with E-state index in [1.807, 2.05) is 32.0 Å². The molecule has 0 bridgehead atoms. The van der Waals surface area contributed by atoms with Gasteiger partial charge in [-0.3, -0.25) is 0 Å². The summed E-state index contributed by atoms with van der Waals surface area (Å²) in [5.74, 6) is 0.338. The molecule has 2 aromatic carbocycles. The third-order valence-corrected chi connectivity index (χ3v) is 3.44. The van der Waals surface area contributed by atoms with Crippen LogP contribution in [0, 0.1) is 13.8 Å². The number of esters is 1. The Morgan fingerprint density at radius 2 is 1.76 bits per heavy atom. The maximum Gasteiger partial charge on any atom is 0.338 e. The van der Waals surface area contributed by atoms with Crippen LogP contribution in [0.25, 0.3) is 0 Å². The lowest BCUT2D eigenvalue weighted by Crippen LogP contribution is -2.32. The number of rotatable bonds is 6. The summed E-state index contributed by atoms with van der Waals surface area (Å²) in [5, 5.41) is 5.28. The zero-order valence-electron chi connectivity index (χ0n) is 14.6. The molecule has 0 aliphatic carbocycles. The molecule has 0 unspecified atom stereocenters. The number of nitrogens with one attached hydrogen (secondary N) is 2. The van der Waals surface area contributed by atoms with Gasteiger partial charge in [-0.2, -0.15) is 0 Å². The minimum Gasteiger partial charge on any atom is -0.473 e. The Labute approximate surface area is 147 Å². The molecule has 2 rings (SSSR count). The average molecular weight is 342 g/mol. The van der Waals surface area contributed by atoms with Crippen molar-refractivity contribution in [1.29, 1.82) is 0 Å². The van der Waals surface area contributed by atoms with E-state index < -0.39 is 6.03 Å². The lowest BCUT2D eigenvalue weighted by Gasteiger charge is -2.11. The summed E-state index contributed by atoms with van der Waals surface area (Å²) in [6.45, 7) is 6.08. The van der Waals surface area contributed by atoms with Gasteiger partial charge in [-0.25, -0.2) is 9.59 Å². The van der Waals surface area contributed by atoms with Gasteiger partial charge in [0.05, 0.1) is 12.2 Å². The summed E-state index contributed by atoms with van der Waals surface area (Å²) < 4.78 is 10.5. The lowest BCUT2D eigenvalue weighted by atomic mass is 10.1. The topological polar surface area (TPSA) is 76.7 Å². The van der Waals surface area contributed by atoms with Crippen molar-refractivity contribution in [3.05, 3.63) is 59.2 Å². The first-order chi connectivity index (χ1) is 12.0. The minimum absolute atomic E-state index is 0.0522. The molecule has 2 N–H and O–H groups in total. The Kier molecular flexibility index (Phi) is 6.39. The van der Waals surface area contributed by atoms with E-state index in [0.29, 0.717) is 17.9 Å². The van der Waals surface area contributed by atoms with Gasteiger partial charge in [0.2, 0.25) is 0 Å². The third kappa shape index (κ3) is 5.53. The Balaban J connectivity index is 1.81. The molecule has 0 radical (unpaired) electrons. The van der Waals surface area contributed by atoms with Crippen LogP contribution in [-0.2, 0) is 4.74 Å². The molecule has 2 amide bonds. The minimum atomic E-state index is -0.395. The molecule has 0 spiro atoms. The second-order valence-corrected chi connectivity index (χ2v) is 5.49. The van der Waals surface area contributed by atoms with Crippen LogP contribution in [0.5, 0.6) is 5.75 Å². The normalized spacial score (nSPS) is 10.0. The van der Waals surface area contributed by atoms with E-state index in [4.69, 9.17) is 9.47 Å². The van der Waals surface area contributed by atoms with Gasteiger partial charge >= 0.3 is 12.0 Å². The standard InChI is InChI=1S/C19H22N2O4/c1-4-24-18(22)15-6-8-16(9-7-15)21-19(23)20-12-25-17-10-5-13(2)11-14(17)3/h5-11H,4,12H2,1-3H3,(H2,20,21,23). The first-order valence-electron chi connectivity index (χ1n) is 8.01. The van der Waals surface area contributed by atoms with E-state index >= 15 is 0 Å². The number of aryl methyl sites for hydroxylation is 2. The predicted molar refractivity (Wildman–Crippen MR) is 96.0 cm³/mol. The van der Waals surface area contributed by atoms with Gasteiger partial charge in [0.1, 0.15) is 5.75 Å².